The van der Waals surface area contributed by atoms with E-state index in [-0.39, 0.29) is 10.8 Å². The lowest BCUT2D eigenvalue weighted by Crippen LogP contribution is -2.38. The van der Waals surface area contributed by atoms with Crippen molar-refractivity contribution in [2.24, 2.45) is 5.92 Å². The van der Waals surface area contributed by atoms with Crippen LogP contribution in [0.3, 0.4) is 0 Å². The molecule has 2 aromatic rings. The minimum Gasteiger partial charge on any atom is -0.352 e. The van der Waals surface area contributed by atoms with Crippen LogP contribution in [0.2, 0.25) is 0 Å². The Morgan fingerprint density at radius 2 is 2.00 bits per heavy atom. The van der Waals surface area contributed by atoms with Crippen molar-refractivity contribution < 1.29 is 13.2 Å². The van der Waals surface area contributed by atoms with E-state index in [0.29, 0.717) is 18.0 Å². The zero-order valence-electron chi connectivity index (χ0n) is 14.8. The van der Waals surface area contributed by atoms with E-state index in [1.165, 1.54) is 17.0 Å². The van der Waals surface area contributed by atoms with Crippen molar-refractivity contribution in [3.63, 3.8) is 0 Å². The number of carbonyl (C=O) groups is 1. The predicted octanol–water partition coefficient (Wildman–Crippen LogP) is 2.79. The SMILES string of the molecule is CS(=O)(=O)c1cccc(C(=O)NCC2CCN(Cc3cccs3)CC2)c1. The molecular weight excluding hydrogens is 368 g/mol. The second-order valence-corrected chi connectivity index (χ2v) is 9.86. The summed E-state index contributed by atoms with van der Waals surface area (Å²) < 4.78 is 23.2. The van der Waals surface area contributed by atoms with E-state index in [9.17, 15) is 13.2 Å². The molecular formula is C19H24N2O3S2. The van der Waals surface area contributed by atoms with Gasteiger partial charge in [-0.15, -0.1) is 11.3 Å². The molecule has 7 heteroatoms. The van der Waals surface area contributed by atoms with Gasteiger partial charge in [-0.3, -0.25) is 9.69 Å². The maximum atomic E-state index is 12.3. The van der Waals surface area contributed by atoms with Gasteiger partial charge in [-0.1, -0.05) is 12.1 Å². The van der Waals surface area contributed by atoms with Gasteiger partial charge in [0.05, 0.1) is 4.90 Å². The molecule has 5 nitrogen and oxygen atoms in total. The van der Waals surface area contributed by atoms with Gasteiger partial charge >= 0.3 is 0 Å². The second-order valence-electron chi connectivity index (χ2n) is 6.81. The van der Waals surface area contributed by atoms with Gasteiger partial charge in [0.1, 0.15) is 0 Å². The average molecular weight is 393 g/mol. The zero-order chi connectivity index (χ0) is 18.6. The van der Waals surface area contributed by atoms with Gasteiger partial charge in [0.15, 0.2) is 9.84 Å². The van der Waals surface area contributed by atoms with Crippen molar-refractivity contribution >= 4 is 27.1 Å². The number of hydrogen-bond donors (Lipinski definition) is 1. The fourth-order valence-corrected chi connectivity index (χ4v) is 4.59. The highest BCUT2D eigenvalue weighted by Crippen LogP contribution is 2.20. The minimum absolute atomic E-state index is 0.173. The summed E-state index contributed by atoms with van der Waals surface area (Å²) in [6, 6.07) is 10.5. The first-order chi connectivity index (χ1) is 12.4. The van der Waals surface area contributed by atoms with Crippen molar-refractivity contribution in [2.75, 3.05) is 25.9 Å². The number of piperidine rings is 1. The van der Waals surface area contributed by atoms with Gasteiger partial charge in [0.25, 0.3) is 5.91 Å². The van der Waals surface area contributed by atoms with Crippen molar-refractivity contribution in [2.45, 2.75) is 24.3 Å². The molecule has 2 heterocycles. The molecule has 0 unspecified atom stereocenters. The van der Waals surface area contributed by atoms with Crippen molar-refractivity contribution in [1.82, 2.24) is 10.2 Å². The Bertz CT molecular complexity index is 839. The van der Waals surface area contributed by atoms with E-state index in [4.69, 9.17) is 0 Å². The third kappa shape index (κ3) is 5.16. The third-order valence-corrected chi connectivity index (χ3v) is 6.71. The molecule has 0 radical (unpaired) electrons. The van der Waals surface area contributed by atoms with Gasteiger partial charge < -0.3 is 5.32 Å². The number of nitrogens with zero attached hydrogens (tertiary/aromatic N) is 1. The topological polar surface area (TPSA) is 66.5 Å². The molecule has 1 aliphatic heterocycles. The summed E-state index contributed by atoms with van der Waals surface area (Å²) in [5.74, 6) is 0.258. The van der Waals surface area contributed by atoms with Crippen molar-refractivity contribution in [1.29, 1.82) is 0 Å². The lowest BCUT2D eigenvalue weighted by Gasteiger charge is -2.31. The van der Waals surface area contributed by atoms with Crippen LogP contribution in [0.25, 0.3) is 0 Å². The summed E-state index contributed by atoms with van der Waals surface area (Å²) >= 11 is 1.79. The molecule has 26 heavy (non-hydrogen) atoms. The Morgan fingerprint density at radius 1 is 1.23 bits per heavy atom. The number of nitrogens with one attached hydrogen (secondary N) is 1. The largest absolute Gasteiger partial charge is 0.352 e. The van der Waals surface area contributed by atoms with Gasteiger partial charge in [0, 0.05) is 29.8 Å². The Hall–Kier alpha value is -1.70. The van der Waals surface area contributed by atoms with Crippen molar-refractivity contribution in [3.8, 4) is 0 Å². The fourth-order valence-electron chi connectivity index (χ4n) is 3.18. The normalized spacial score (nSPS) is 16.5. The fraction of sp³-hybridized carbons (Fsp3) is 0.421. The monoisotopic (exact) mass is 392 g/mol. The molecule has 0 saturated carbocycles. The lowest BCUT2D eigenvalue weighted by atomic mass is 9.96. The zero-order valence-corrected chi connectivity index (χ0v) is 16.5. The lowest BCUT2D eigenvalue weighted by molar-refractivity contribution is 0.0935. The molecule has 0 bridgehead atoms. The summed E-state index contributed by atoms with van der Waals surface area (Å²) in [6.45, 7) is 3.73. The molecule has 1 aromatic carbocycles. The molecule has 1 saturated heterocycles. The highest BCUT2D eigenvalue weighted by atomic mass is 32.2. The number of likely N-dealkylation sites (tertiary alicyclic amines) is 1. The molecule has 0 spiro atoms. The first kappa shape index (κ1) is 19.1. The second kappa shape index (κ2) is 8.33. The number of sulfone groups is 1. The number of rotatable bonds is 6. The van der Waals surface area contributed by atoms with Crippen LogP contribution in [0.1, 0.15) is 28.1 Å². The van der Waals surface area contributed by atoms with Crippen LogP contribution >= 0.6 is 11.3 Å². The van der Waals surface area contributed by atoms with Gasteiger partial charge in [-0.25, -0.2) is 8.42 Å². The Kier molecular flexibility index (Phi) is 6.11. The van der Waals surface area contributed by atoms with Crippen molar-refractivity contribution in [3.05, 3.63) is 52.2 Å². The molecule has 3 rings (SSSR count). The molecule has 1 aromatic heterocycles. The van der Waals surface area contributed by atoms with Gasteiger partial charge in [-0.2, -0.15) is 0 Å². The van der Waals surface area contributed by atoms with E-state index in [1.54, 1.807) is 23.5 Å². The maximum Gasteiger partial charge on any atom is 0.251 e. The minimum atomic E-state index is -3.31. The van der Waals surface area contributed by atoms with E-state index < -0.39 is 9.84 Å². The van der Waals surface area contributed by atoms with E-state index in [2.05, 4.69) is 27.7 Å². The summed E-state index contributed by atoms with van der Waals surface area (Å²) in [4.78, 5) is 16.3. The third-order valence-electron chi connectivity index (χ3n) is 4.74. The Morgan fingerprint density at radius 3 is 2.65 bits per heavy atom. The van der Waals surface area contributed by atoms with Crippen LogP contribution in [0, 0.1) is 5.92 Å². The van der Waals surface area contributed by atoms with Crippen LogP contribution in [0.15, 0.2) is 46.7 Å². The highest BCUT2D eigenvalue weighted by Gasteiger charge is 2.20. The summed E-state index contributed by atoms with van der Waals surface area (Å²) in [5, 5.41) is 5.07. The smallest absolute Gasteiger partial charge is 0.251 e. The predicted molar refractivity (Wildman–Crippen MR) is 104 cm³/mol. The first-order valence-electron chi connectivity index (χ1n) is 8.75. The number of benzene rings is 1. The molecule has 1 fully saturated rings. The van der Waals surface area contributed by atoms with Crippen LogP contribution < -0.4 is 5.32 Å². The van der Waals surface area contributed by atoms with E-state index in [0.717, 1.165) is 38.7 Å². The standard InChI is InChI=1S/C19H24N2O3S2/c1-26(23,24)18-6-2-4-16(12-18)19(22)20-13-15-7-9-21(10-8-15)14-17-5-3-11-25-17/h2-6,11-12,15H,7-10,13-14H2,1H3,(H,20,22). The van der Waals surface area contributed by atoms with E-state index in [1.807, 2.05) is 0 Å². The molecule has 1 amide bonds. The molecule has 1 aliphatic rings. The quantitative estimate of drug-likeness (QED) is 0.821. The van der Waals surface area contributed by atoms with Crippen LogP contribution in [0.5, 0.6) is 0 Å². The summed E-state index contributed by atoms with van der Waals surface area (Å²) in [6.07, 6.45) is 3.28. The maximum absolute atomic E-state index is 12.3. The first-order valence-corrected chi connectivity index (χ1v) is 11.5. The number of hydrogen-bond acceptors (Lipinski definition) is 5. The Balaban J connectivity index is 1.47. The van der Waals surface area contributed by atoms with Gasteiger partial charge in [0.2, 0.25) is 0 Å². The van der Waals surface area contributed by atoms with E-state index >= 15 is 0 Å². The van der Waals surface area contributed by atoms with Crippen LogP contribution in [-0.2, 0) is 16.4 Å². The summed E-state index contributed by atoms with van der Waals surface area (Å²) in [7, 11) is -3.31. The Labute approximate surface area is 159 Å². The van der Waals surface area contributed by atoms with Crippen LogP contribution in [-0.4, -0.2) is 45.1 Å². The number of carbonyl (C=O) groups excluding carboxylic acids is 1. The molecule has 0 atom stereocenters. The van der Waals surface area contributed by atoms with Gasteiger partial charge in [-0.05, 0) is 61.5 Å². The number of thiophene rings is 1. The highest BCUT2D eigenvalue weighted by molar-refractivity contribution is 7.90. The summed E-state index contributed by atoms with van der Waals surface area (Å²) in [5.41, 5.74) is 0.392. The van der Waals surface area contributed by atoms with Crippen LogP contribution in [0.4, 0.5) is 0 Å². The molecule has 140 valence electrons. The molecule has 0 aliphatic carbocycles. The average Bonchev–Trinajstić information content (AvgIpc) is 3.13. The number of amides is 1. The molecule has 1 N–H and O–H groups in total.